The Kier molecular flexibility index (Phi) is 2.20. The summed E-state index contributed by atoms with van der Waals surface area (Å²) in [6.07, 6.45) is 1.23. The number of nitrogens with zero attached hydrogens (tertiary/aromatic N) is 2. The van der Waals surface area contributed by atoms with Gasteiger partial charge in [0.25, 0.3) is 0 Å². The minimum atomic E-state index is -0.386. The summed E-state index contributed by atoms with van der Waals surface area (Å²) in [6.45, 7) is 3.92. The van der Waals surface area contributed by atoms with Crippen LogP contribution in [0.15, 0.2) is 11.1 Å². The number of nitrogens with one attached hydrogen (secondary N) is 2. The highest BCUT2D eigenvalue weighted by Crippen LogP contribution is 1.92. The van der Waals surface area contributed by atoms with E-state index >= 15 is 0 Å². The number of anilines is 1. The zero-order valence-electron chi connectivity index (χ0n) is 6.46. The van der Waals surface area contributed by atoms with Crippen molar-refractivity contribution >= 4 is 5.95 Å². The summed E-state index contributed by atoms with van der Waals surface area (Å²) in [7, 11) is 0. The SMILES string of the molecule is CC(C)Nc1ncnc(=O)[nH]1. The van der Waals surface area contributed by atoms with E-state index in [0.29, 0.717) is 5.95 Å². The molecule has 0 aromatic carbocycles. The zero-order valence-corrected chi connectivity index (χ0v) is 6.46. The smallest absolute Gasteiger partial charge is 0.349 e. The Morgan fingerprint density at radius 2 is 2.27 bits per heavy atom. The third-order valence-corrected chi connectivity index (χ3v) is 1.01. The standard InChI is InChI=1S/C6H10N4O/c1-4(2)9-5-7-3-8-6(11)10-5/h3-4H,1-2H3,(H2,7,8,9,10,11). The van der Waals surface area contributed by atoms with Crippen molar-refractivity contribution in [1.82, 2.24) is 15.0 Å². The van der Waals surface area contributed by atoms with Crippen LogP contribution >= 0.6 is 0 Å². The van der Waals surface area contributed by atoms with Crippen LogP contribution in [0, 0.1) is 0 Å². The van der Waals surface area contributed by atoms with Crippen LogP contribution in [0.3, 0.4) is 0 Å². The van der Waals surface area contributed by atoms with E-state index in [2.05, 4.69) is 20.3 Å². The minimum absolute atomic E-state index is 0.251. The van der Waals surface area contributed by atoms with Crippen LogP contribution in [-0.2, 0) is 0 Å². The van der Waals surface area contributed by atoms with E-state index in [4.69, 9.17) is 0 Å². The van der Waals surface area contributed by atoms with Gasteiger partial charge in [-0.15, -0.1) is 0 Å². The molecule has 5 heteroatoms. The lowest BCUT2D eigenvalue weighted by molar-refractivity contribution is 0.857. The molecule has 0 fully saturated rings. The van der Waals surface area contributed by atoms with E-state index in [1.807, 2.05) is 13.8 Å². The van der Waals surface area contributed by atoms with Gasteiger partial charge in [0.2, 0.25) is 5.95 Å². The second-order valence-corrected chi connectivity index (χ2v) is 2.45. The summed E-state index contributed by atoms with van der Waals surface area (Å²) in [4.78, 5) is 20.3. The molecule has 60 valence electrons. The van der Waals surface area contributed by atoms with Crippen molar-refractivity contribution in [2.24, 2.45) is 0 Å². The van der Waals surface area contributed by atoms with E-state index in [1.165, 1.54) is 6.33 Å². The first-order chi connectivity index (χ1) is 5.18. The lowest BCUT2D eigenvalue weighted by Gasteiger charge is -2.06. The van der Waals surface area contributed by atoms with Crippen LogP contribution in [0.5, 0.6) is 0 Å². The third-order valence-electron chi connectivity index (χ3n) is 1.01. The molecule has 1 aromatic heterocycles. The van der Waals surface area contributed by atoms with Crippen LogP contribution in [0.25, 0.3) is 0 Å². The van der Waals surface area contributed by atoms with Crippen molar-refractivity contribution in [3.05, 3.63) is 16.8 Å². The normalized spacial score (nSPS) is 10.1. The van der Waals surface area contributed by atoms with Gasteiger partial charge < -0.3 is 5.32 Å². The lowest BCUT2D eigenvalue weighted by atomic mass is 10.4. The molecule has 5 nitrogen and oxygen atoms in total. The largest absolute Gasteiger partial charge is 0.353 e. The van der Waals surface area contributed by atoms with Gasteiger partial charge in [0, 0.05) is 6.04 Å². The van der Waals surface area contributed by atoms with Gasteiger partial charge in [-0.3, -0.25) is 4.98 Å². The Balaban J connectivity index is 2.80. The molecule has 0 aliphatic heterocycles. The fraction of sp³-hybridized carbons (Fsp3) is 0.500. The molecule has 1 aromatic rings. The summed E-state index contributed by atoms with van der Waals surface area (Å²) in [5.74, 6) is 0.458. The quantitative estimate of drug-likeness (QED) is 0.628. The van der Waals surface area contributed by atoms with Gasteiger partial charge in [-0.25, -0.2) is 9.78 Å². The molecule has 11 heavy (non-hydrogen) atoms. The van der Waals surface area contributed by atoms with E-state index in [1.54, 1.807) is 0 Å². The van der Waals surface area contributed by atoms with Crippen molar-refractivity contribution in [2.45, 2.75) is 19.9 Å². The highest BCUT2D eigenvalue weighted by molar-refractivity contribution is 5.21. The lowest BCUT2D eigenvalue weighted by Crippen LogP contribution is -2.18. The number of aromatic amines is 1. The Bertz CT molecular complexity index is 280. The zero-order chi connectivity index (χ0) is 8.27. The van der Waals surface area contributed by atoms with E-state index in [0.717, 1.165) is 0 Å². The van der Waals surface area contributed by atoms with Crippen molar-refractivity contribution in [2.75, 3.05) is 5.32 Å². The maximum Gasteiger partial charge on any atom is 0.349 e. The number of aromatic nitrogens is 3. The van der Waals surface area contributed by atoms with Gasteiger partial charge in [-0.2, -0.15) is 4.98 Å². The molecule has 0 aliphatic carbocycles. The highest BCUT2D eigenvalue weighted by atomic mass is 16.1. The summed E-state index contributed by atoms with van der Waals surface area (Å²) >= 11 is 0. The molecule has 0 atom stereocenters. The van der Waals surface area contributed by atoms with Crippen molar-refractivity contribution in [1.29, 1.82) is 0 Å². The minimum Gasteiger partial charge on any atom is -0.353 e. The maximum absolute atomic E-state index is 10.6. The third kappa shape index (κ3) is 2.37. The molecule has 1 heterocycles. The molecule has 2 N–H and O–H groups in total. The summed E-state index contributed by atoms with van der Waals surface area (Å²) in [5, 5.41) is 2.94. The topological polar surface area (TPSA) is 70.7 Å². The predicted molar refractivity (Wildman–Crippen MR) is 41.4 cm³/mol. The number of H-pyrrole nitrogens is 1. The first-order valence-electron chi connectivity index (χ1n) is 3.36. The first-order valence-corrected chi connectivity index (χ1v) is 3.36. The monoisotopic (exact) mass is 154 g/mol. The van der Waals surface area contributed by atoms with Gasteiger partial charge >= 0.3 is 5.69 Å². The van der Waals surface area contributed by atoms with Gasteiger partial charge in [-0.1, -0.05) is 0 Å². The molecule has 0 spiro atoms. The van der Waals surface area contributed by atoms with E-state index < -0.39 is 0 Å². The number of hydrogen-bond donors (Lipinski definition) is 2. The molecule has 1 rings (SSSR count). The Labute approximate surface area is 63.9 Å². The van der Waals surface area contributed by atoms with Crippen LogP contribution in [0.1, 0.15) is 13.8 Å². The highest BCUT2D eigenvalue weighted by Gasteiger charge is 1.95. The van der Waals surface area contributed by atoms with Crippen LogP contribution in [0.4, 0.5) is 5.95 Å². The summed E-state index contributed by atoms with van der Waals surface area (Å²) in [6, 6.07) is 0.251. The second kappa shape index (κ2) is 3.14. The number of hydrogen-bond acceptors (Lipinski definition) is 4. The second-order valence-electron chi connectivity index (χ2n) is 2.45. The van der Waals surface area contributed by atoms with Crippen LogP contribution in [0.2, 0.25) is 0 Å². The summed E-state index contributed by atoms with van der Waals surface area (Å²) in [5.41, 5.74) is -0.386. The molecule has 0 unspecified atom stereocenters. The van der Waals surface area contributed by atoms with Crippen molar-refractivity contribution in [3.8, 4) is 0 Å². The van der Waals surface area contributed by atoms with E-state index in [9.17, 15) is 4.79 Å². The molecule has 0 bridgehead atoms. The molecule has 0 aliphatic rings. The summed E-state index contributed by atoms with van der Waals surface area (Å²) < 4.78 is 0. The Morgan fingerprint density at radius 1 is 1.55 bits per heavy atom. The van der Waals surface area contributed by atoms with Crippen molar-refractivity contribution < 1.29 is 0 Å². The fourth-order valence-electron chi connectivity index (χ4n) is 0.652. The molecule has 0 saturated carbocycles. The predicted octanol–water partition coefficient (Wildman–Crippen LogP) is -0.0148. The average molecular weight is 154 g/mol. The van der Waals surface area contributed by atoms with Crippen molar-refractivity contribution in [3.63, 3.8) is 0 Å². The van der Waals surface area contributed by atoms with E-state index in [-0.39, 0.29) is 11.7 Å². The molecule has 0 amide bonds. The number of rotatable bonds is 2. The average Bonchev–Trinajstić information content (AvgIpc) is 1.85. The molecule has 0 saturated heterocycles. The molecular formula is C6H10N4O. The van der Waals surface area contributed by atoms with Crippen LogP contribution in [-0.4, -0.2) is 21.0 Å². The van der Waals surface area contributed by atoms with Gasteiger partial charge in [0.15, 0.2) is 0 Å². The Hall–Kier alpha value is -1.39. The Morgan fingerprint density at radius 3 is 2.82 bits per heavy atom. The fourth-order valence-corrected chi connectivity index (χ4v) is 0.652. The molecular weight excluding hydrogens is 144 g/mol. The molecule has 0 radical (unpaired) electrons. The first kappa shape index (κ1) is 7.71. The van der Waals surface area contributed by atoms with Crippen LogP contribution < -0.4 is 11.0 Å². The van der Waals surface area contributed by atoms with Gasteiger partial charge in [0.1, 0.15) is 6.33 Å². The van der Waals surface area contributed by atoms with Gasteiger partial charge in [0.05, 0.1) is 0 Å². The van der Waals surface area contributed by atoms with Gasteiger partial charge in [-0.05, 0) is 13.8 Å². The maximum atomic E-state index is 10.6.